The van der Waals surface area contributed by atoms with E-state index in [1.54, 1.807) is 18.2 Å². The summed E-state index contributed by atoms with van der Waals surface area (Å²) < 4.78 is 13.6. The molecule has 0 saturated carbocycles. The molecule has 0 bridgehead atoms. The van der Waals surface area contributed by atoms with E-state index >= 15 is 0 Å². The minimum Gasteiger partial charge on any atom is -0.365 e. The molecule has 2 N–H and O–H groups in total. The van der Waals surface area contributed by atoms with Gasteiger partial charge in [-0.05, 0) is 49.7 Å². The second kappa shape index (κ2) is 7.14. The van der Waals surface area contributed by atoms with Gasteiger partial charge in [-0.1, -0.05) is 12.1 Å². The van der Waals surface area contributed by atoms with E-state index in [0.29, 0.717) is 34.8 Å². The van der Waals surface area contributed by atoms with Gasteiger partial charge in [0.05, 0.1) is 17.1 Å². The monoisotopic (exact) mass is 335 g/mol. The van der Waals surface area contributed by atoms with Gasteiger partial charge in [0.1, 0.15) is 11.6 Å². The third kappa shape index (κ3) is 4.01. The fourth-order valence-corrected chi connectivity index (χ4v) is 2.44. The third-order valence-electron chi connectivity index (χ3n) is 3.62. The number of hydrogen-bond acceptors (Lipinski definition) is 5. The van der Waals surface area contributed by atoms with Crippen LogP contribution in [0, 0.1) is 17.1 Å². The lowest BCUT2D eigenvalue weighted by Gasteiger charge is -2.13. The zero-order valence-electron chi connectivity index (χ0n) is 14.0. The Bertz CT molecular complexity index is 929. The normalized spacial score (nSPS) is 10.7. The predicted octanol–water partition coefficient (Wildman–Crippen LogP) is 4.07. The number of nitriles is 1. The van der Waals surface area contributed by atoms with Crippen molar-refractivity contribution < 1.29 is 4.39 Å². The van der Waals surface area contributed by atoms with Crippen LogP contribution in [0.25, 0.3) is 10.9 Å². The molecule has 0 saturated heterocycles. The maximum Gasteiger partial charge on any atom is 0.225 e. The lowest BCUT2D eigenvalue weighted by molar-refractivity contribution is 0.629. The highest BCUT2D eigenvalue weighted by Gasteiger charge is 2.10. The topological polar surface area (TPSA) is 73.6 Å². The Morgan fingerprint density at radius 3 is 2.56 bits per heavy atom. The Morgan fingerprint density at radius 1 is 1.12 bits per heavy atom. The highest BCUT2D eigenvalue weighted by molar-refractivity contribution is 5.90. The zero-order valence-corrected chi connectivity index (χ0v) is 14.0. The Hall–Kier alpha value is -3.20. The van der Waals surface area contributed by atoms with Gasteiger partial charge in [0.15, 0.2) is 0 Å². The summed E-state index contributed by atoms with van der Waals surface area (Å²) in [4.78, 5) is 8.91. The van der Waals surface area contributed by atoms with E-state index in [1.165, 1.54) is 12.1 Å². The van der Waals surface area contributed by atoms with Gasteiger partial charge < -0.3 is 10.6 Å². The van der Waals surface area contributed by atoms with Gasteiger partial charge in [-0.3, -0.25) is 0 Å². The molecule has 0 amide bonds. The second-order valence-corrected chi connectivity index (χ2v) is 6.02. The number of halogens is 1. The lowest BCUT2D eigenvalue weighted by atomic mass is 10.1. The Balaban J connectivity index is 1.91. The smallest absolute Gasteiger partial charge is 0.225 e. The first-order chi connectivity index (χ1) is 12.0. The summed E-state index contributed by atoms with van der Waals surface area (Å²) in [5.74, 6) is 0.732. The molecule has 0 fully saturated rings. The molecule has 0 aliphatic heterocycles. The first kappa shape index (κ1) is 16.7. The average Bonchev–Trinajstić information content (AvgIpc) is 2.60. The van der Waals surface area contributed by atoms with Crippen LogP contribution in [0.4, 0.5) is 16.2 Å². The summed E-state index contributed by atoms with van der Waals surface area (Å²) >= 11 is 0. The standard InChI is InChI=1S/C19H18FN5/c1-12(2)23-19-24-17-8-7-15(20)9-16(17)18(25-19)22-11-14-5-3-13(10-21)4-6-14/h3-9,12H,11H2,1-2H3,(H2,22,23,24,25). The first-order valence-corrected chi connectivity index (χ1v) is 8.02. The molecule has 5 nitrogen and oxygen atoms in total. The summed E-state index contributed by atoms with van der Waals surface area (Å²) in [6, 6.07) is 14.0. The van der Waals surface area contributed by atoms with Crippen molar-refractivity contribution in [2.75, 3.05) is 10.6 Å². The molecule has 0 unspecified atom stereocenters. The van der Waals surface area contributed by atoms with Crippen LogP contribution >= 0.6 is 0 Å². The van der Waals surface area contributed by atoms with Crippen molar-refractivity contribution in [3.8, 4) is 6.07 Å². The number of benzene rings is 2. The van der Waals surface area contributed by atoms with E-state index in [2.05, 4.69) is 26.7 Å². The molecule has 1 heterocycles. The third-order valence-corrected chi connectivity index (χ3v) is 3.62. The van der Waals surface area contributed by atoms with Crippen LogP contribution in [-0.2, 0) is 6.54 Å². The van der Waals surface area contributed by atoms with E-state index in [0.717, 1.165) is 5.56 Å². The number of nitrogens with zero attached hydrogens (tertiary/aromatic N) is 3. The maximum absolute atomic E-state index is 13.6. The van der Waals surface area contributed by atoms with E-state index in [4.69, 9.17) is 5.26 Å². The predicted molar refractivity (Wildman–Crippen MR) is 96.7 cm³/mol. The van der Waals surface area contributed by atoms with Crippen LogP contribution in [0.3, 0.4) is 0 Å². The van der Waals surface area contributed by atoms with Crippen LogP contribution in [0.15, 0.2) is 42.5 Å². The van der Waals surface area contributed by atoms with Gasteiger partial charge >= 0.3 is 0 Å². The molecule has 0 radical (unpaired) electrons. The van der Waals surface area contributed by atoms with E-state index in [9.17, 15) is 4.39 Å². The molecular weight excluding hydrogens is 317 g/mol. The highest BCUT2D eigenvalue weighted by atomic mass is 19.1. The molecule has 126 valence electrons. The van der Waals surface area contributed by atoms with Crippen LogP contribution in [0.1, 0.15) is 25.0 Å². The fourth-order valence-electron chi connectivity index (χ4n) is 2.44. The van der Waals surface area contributed by atoms with Crippen LogP contribution < -0.4 is 10.6 Å². The van der Waals surface area contributed by atoms with Gasteiger partial charge in [0, 0.05) is 18.0 Å². The molecule has 3 rings (SSSR count). The number of fused-ring (bicyclic) bond motifs is 1. The number of anilines is 2. The summed E-state index contributed by atoms with van der Waals surface area (Å²) in [5, 5.41) is 15.9. The molecule has 25 heavy (non-hydrogen) atoms. The molecule has 0 atom stereocenters. The molecular formula is C19H18FN5. The van der Waals surface area contributed by atoms with E-state index in [1.807, 2.05) is 26.0 Å². The molecule has 1 aromatic heterocycles. The molecule has 0 spiro atoms. The largest absolute Gasteiger partial charge is 0.365 e. The van der Waals surface area contributed by atoms with Crippen molar-refractivity contribution in [2.24, 2.45) is 0 Å². The van der Waals surface area contributed by atoms with Gasteiger partial charge in [-0.2, -0.15) is 10.2 Å². The SMILES string of the molecule is CC(C)Nc1nc(NCc2ccc(C#N)cc2)c2cc(F)ccc2n1. The molecule has 0 aliphatic rings. The van der Waals surface area contributed by atoms with Gasteiger partial charge in [0.2, 0.25) is 5.95 Å². The maximum atomic E-state index is 13.6. The van der Waals surface area contributed by atoms with Crippen molar-refractivity contribution in [3.63, 3.8) is 0 Å². The Morgan fingerprint density at radius 2 is 1.88 bits per heavy atom. The molecule has 2 aromatic carbocycles. The summed E-state index contributed by atoms with van der Waals surface area (Å²) in [6.45, 7) is 4.51. The quantitative estimate of drug-likeness (QED) is 0.735. The number of nitrogens with one attached hydrogen (secondary N) is 2. The van der Waals surface area contributed by atoms with Crippen molar-refractivity contribution in [3.05, 3.63) is 59.4 Å². The molecule has 0 aliphatic carbocycles. The summed E-state index contributed by atoms with van der Waals surface area (Å²) in [7, 11) is 0. The average molecular weight is 335 g/mol. The number of hydrogen-bond donors (Lipinski definition) is 2. The summed E-state index contributed by atoms with van der Waals surface area (Å²) in [5.41, 5.74) is 2.28. The Kier molecular flexibility index (Phi) is 4.75. The van der Waals surface area contributed by atoms with Crippen molar-refractivity contribution in [1.82, 2.24) is 9.97 Å². The summed E-state index contributed by atoms with van der Waals surface area (Å²) in [6.07, 6.45) is 0. The number of rotatable bonds is 5. The molecule has 6 heteroatoms. The Labute approximate surface area is 145 Å². The van der Waals surface area contributed by atoms with Gasteiger partial charge in [0.25, 0.3) is 0 Å². The van der Waals surface area contributed by atoms with Crippen molar-refractivity contribution in [1.29, 1.82) is 5.26 Å². The minimum absolute atomic E-state index is 0.185. The lowest BCUT2D eigenvalue weighted by Crippen LogP contribution is -2.14. The number of aromatic nitrogens is 2. The van der Waals surface area contributed by atoms with Crippen LogP contribution in [0.5, 0.6) is 0 Å². The van der Waals surface area contributed by atoms with E-state index in [-0.39, 0.29) is 11.9 Å². The second-order valence-electron chi connectivity index (χ2n) is 6.02. The van der Waals surface area contributed by atoms with Crippen LogP contribution in [0.2, 0.25) is 0 Å². The molecule has 3 aromatic rings. The van der Waals surface area contributed by atoms with Crippen LogP contribution in [-0.4, -0.2) is 16.0 Å². The van der Waals surface area contributed by atoms with Crippen molar-refractivity contribution >= 4 is 22.7 Å². The van der Waals surface area contributed by atoms with Crippen molar-refractivity contribution in [2.45, 2.75) is 26.4 Å². The minimum atomic E-state index is -0.331. The van der Waals surface area contributed by atoms with Gasteiger partial charge in [-0.15, -0.1) is 0 Å². The van der Waals surface area contributed by atoms with Gasteiger partial charge in [-0.25, -0.2) is 9.37 Å². The highest BCUT2D eigenvalue weighted by Crippen LogP contribution is 2.24. The fraction of sp³-hybridized carbons (Fsp3) is 0.211. The zero-order chi connectivity index (χ0) is 17.8. The van der Waals surface area contributed by atoms with E-state index < -0.39 is 0 Å². The first-order valence-electron chi connectivity index (χ1n) is 8.02.